The molecule has 1 amide bonds. The number of nitrogens with one attached hydrogen (secondary N) is 2. The molecule has 3 N–H and O–H groups in total. The summed E-state index contributed by atoms with van der Waals surface area (Å²) < 4.78 is 67.2. The largest absolute Gasteiger partial charge is 0.476 e. The van der Waals surface area contributed by atoms with Crippen molar-refractivity contribution in [1.29, 1.82) is 0 Å². The molecule has 1 aliphatic heterocycles. The first-order chi connectivity index (χ1) is 19.2. The van der Waals surface area contributed by atoms with Gasteiger partial charge in [-0.3, -0.25) is 9.89 Å². The molecule has 1 saturated heterocycles. The highest BCUT2D eigenvalue weighted by Crippen LogP contribution is 2.32. The lowest BCUT2D eigenvalue weighted by Gasteiger charge is -2.39. The van der Waals surface area contributed by atoms with E-state index in [1.165, 1.54) is 4.90 Å². The van der Waals surface area contributed by atoms with E-state index in [0.717, 1.165) is 27.6 Å². The van der Waals surface area contributed by atoms with E-state index in [1.807, 2.05) is 38.1 Å². The zero-order chi connectivity index (χ0) is 30.1. The van der Waals surface area contributed by atoms with Gasteiger partial charge in [-0.2, -0.15) is 22.6 Å². The molecular formula is C26H27ClF3N5O5S. The van der Waals surface area contributed by atoms with Gasteiger partial charge >= 0.3 is 12.1 Å². The first kappa shape index (κ1) is 30.3. The lowest BCUT2D eigenvalue weighted by molar-refractivity contribution is -0.137. The number of alkyl halides is 3. The summed E-state index contributed by atoms with van der Waals surface area (Å²) in [5, 5.41) is 18.1. The van der Waals surface area contributed by atoms with Gasteiger partial charge in [-0.25, -0.2) is 13.2 Å². The fraction of sp³-hybridized carbons (Fsp3) is 0.346. The van der Waals surface area contributed by atoms with Crippen molar-refractivity contribution in [1.82, 2.24) is 19.8 Å². The number of sulfonamides is 1. The van der Waals surface area contributed by atoms with Crippen LogP contribution < -0.4 is 10.2 Å². The fourth-order valence-electron chi connectivity index (χ4n) is 4.41. The van der Waals surface area contributed by atoms with Crippen LogP contribution in [0, 0.1) is 0 Å². The smallest absolute Gasteiger partial charge is 0.416 e. The molecule has 220 valence electrons. The molecule has 10 nitrogen and oxygen atoms in total. The number of hydrogen-bond acceptors (Lipinski definition) is 6. The first-order valence-electron chi connectivity index (χ1n) is 12.5. The Morgan fingerprint density at radius 2 is 1.76 bits per heavy atom. The maximum Gasteiger partial charge on any atom is 0.416 e. The molecule has 1 aromatic heterocycles. The minimum absolute atomic E-state index is 0.0239. The zero-order valence-electron chi connectivity index (χ0n) is 21.9. The average Bonchev–Trinajstić information content (AvgIpc) is 3.32. The van der Waals surface area contributed by atoms with Crippen molar-refractivity contribution in [2.75, 3.05) is 24.5 Å². The Balaban J connectivity index is 1.62. The predicted octanol–water partition coefficient (Wildman–Crippen LogP) is 4.10. The van der Waals surface area contributed by atoms with E-state index in [0.29, 0.717) is 18.1 Å². The van der Waals surface area contributed by atoms with Crippen molar-refractivity contribution in [3.63, 3.8) is 0 Å². The second kappa shape index (κ2) is 11.7. The molecule has 0 bridgehead atoms. The van der Waals surface area contributed by atoms with Crippen LogP contribution in [0.1, 0.15) is 46.9 Å². The van der Waals surface area contributed by atoms with Gasteiger partial charge in [0.25, 0.3) is 0 Å². The molecule has 2 aromatic carbocycles. The second-order valence-corrected chi connectivity index (χ2v) is 12.0. The zero-order valence-corrected chi connectivity index (χ0v) is 23.5. The number of carbonyl (C=O) groups excluding carboxylic acids is 1. The molecular weight excluding hydrogens is 587 g/mol. The summed E-state index contributed by atoms with van der Waals surface area (Å²) in [5.41, 5.74) is 0.496. The summed E-state index contributed by atoms with van der Waals surface area (Å²) in [4.78, 5) is 25.9. The quantitative estimate of drug-likeness (QED) is 0.348. The number of amides is 1. The average molecular weight is 614 g/mol. The normalized spacial score (nSPS) is 16.7. The summed E-state index contributed by atoms with van der Waals surface area (Å²) in [6.07, 6.45) is -4.65. The number of anilines is 1. The summed E-state index contributed by atoms with van der Waals surface area (Å²) in [6.45, 7) is 3.65. The molecule has 4 rings (SSSR count). The molecule has 0 saturated carbocycles. The molecule has 1 fully saturated rings. The SMILES string of the molecule is CC(C)c1ccc(CNC(=O)[C@H]2CN(c3n[nH]c(C(=O)O)c3Cl)CCN2S(=O)(=O)c2ccc(C(F)(F)F)cc2)cc1. The number of aromatic carboxylic acids is 1. The van der Waals surface area contributed by atoms with Crippen molar-refractivity contribution in [2.24, 2.45) is 0 Å². The van der Waals surface area contributed by atoms with E-state index in [-0.39, 0.29) is 42.7 Å². The molecule has 1 atom stereocenters. The van der Waals surface area contributed by atoms with E-state index < -0.39 is 44.6 Å². The summed E-state index contributed by atoms with van der Waals surface area (Å²) >= 11 is 6.19. The highest BCUT2D eigenvalue weighted by atomic mass is 35.5. The number of rotatable bonds is 8. The van der Waals surface area contributed by atoms with Crippen LogP contribution in [0.25, 0.3) is 0 Å². The van der Waals surface area contributed by atoms with Crippen molar-refractivity contribution in [3.05, 3.63) is 75.9 Å². The van der Waals surface area contributed by atoms with Crippen LogP contribution in [0.5, 0.6) is 0 Å². The maximum absolute atomic E-state index is 13.6. The Labute approximate surface area is 239 Å². The van der Waals surface area contributed by atoms with Gasteiger partial charge in [0, 0.05) is 26.2 Å². The molecule has 0 unspecified atom stereocenters. The van der Waals surface area contributed by atoms with E-state index in [9.17, 15) is 36.3 Å². The van der Waals surface area contributed by atoms with E-state index in [2.05, 4.69) is 15.5 Å². The lowest BCUT2D eigenvalue weighted by atomic mass is 10.0. The predicted molar refractivity (Wildman–Crippen MR) is 144 cm³/mol. The molecule has 0 radical (unpaired) electrons. The lowest BCUT2D eigenvalue weighted by Crippen LogP contribution is -2.60. The number of H-pyrrole nitrogens is 1. The van der Waals surface area contributed by atoms with Crippen LogP contribution in [0.3, 0.4) is 0 Å². The summed E-state index contributed by atoms with van der Waals surface area (Å²) in [7, 11) is -4.42. The van der Waals surface area contributed by atoms with Crippen LogP contribution in [0.2, 0.25) is 5.02 Å². The minimum Gasteiger partial charge on any atom is -0.476 e. The van der Waals surface area contributed by atoms with Gasteiger partial charge in [0.15, 0.2) is 11.5 Å². The second-order valence-electron chi connectivity index (χ2n) is 9.76. The molecule has 2 heterocycles. The van der Waals surface area contributed by atoms with E-state index in [4.69, 9.17) is 11.6 Å². The Morgan fingerprint density at radius 1 is 1.12 bits per heavy atom. The molecule has 0 spiro atoms. The van der Waals surface area contributed by atoms with Gasteiger partial charge in [-0.05, 0) is 41.3 Å². The van der Waals surface area contributed by atoms with Gasteiger partial charge < -0.3 is 15.3 Å². The molecule has 1 aliphatic rings. The van der Waals surface area contributed by atoms with Crippen LogP contribution in [0.4, 0.5) is 19.0 Å². The van der Waals surface area contributed by atoms with Crippen LogP contribution in [-0.4, -0.2) is 65.6 Å². The standard InChI is InChI=1S/C26H27ClF3N5O5S/c1-15(2)17-5-3-16(4-6-17)13-31-24(36)20-14-34(23-21(27)22(25(37)38)32-33-23)11-12-35(20)41(39,40)19-9-7-18(8-10-19)26(28,29)30/h3-10,15,20H,11-14H2,1-2H3,(H,31,36)(H,32,33)(H,37,38)/t20-/m1/s1. The number of piperazine rings is 1. The topological polar surface area (TPSA) is 136 Å². The first-order valence-corrected chi connectivity index (χ1v) is 14.3. The monoisotopic (exact) mass is 613 g/mol. The summed E-state index contributed by atoms with van der Waals surface area (Å²) in [5.74, 6) is -1.68. The van der Waals surface area contributed by atoms with Crippen LogP contribution in [0.15, 0.2) is 53.4 Å². The van der Waals surface area contributed by atoms with Crippen molar-refractivity contribution in [3.8, 4) is 0 Å². The molecule has 3 aromatic rings. The third-order valence-electron chi connectivity index (χ3n) is 6.74. The number of carboxylic acid groups (broad SMARTS) is 1. The van der Waals surface area contributed by atoms with Crippen molar-refractivity contribution >= 4 is 39.3 Å². The Kier molecular flexibility index (Phi) is 8.66. The number of benzene rings is 2. The molecule has 41 heavy (non-hydrogen) atoms. The van der Waals surface area contributed by atoms with Crippen molar-refractivity contribution in [2.45, 2.75) is 43.4 Å². The number of aromatic nitrogens is 2. The van der Waals surface area contributed by atoms with Gasteiger partial charge in [0.05, 0.1) is 10.5 Å². The number of hydrogen-bond donors (Lipinski definition) is 3. The number of carbonyl (C=O) groups is 2. The third kappa shape index (κ3) is 6.49. The third-order valence-corrected chi connectivity index (χ3v) is 9.02. The molecule has 0 aliphatic carbocycles. The number of aromatic amines is 1. The van der Waals surface area contributed by atoms with Gasteiger partial charge in [-0.15, -0.1) is 0 Å². The number of carboxylic acids is 1. The Bertz CT molecular complexity index is 1530. The highest BCUT2D eigenvalue weighted by Gasteiger charge is 2.42. The molecule has 15 heteroatoms. The number of halogens is 4. The highest BCUT2D eigenvalue weighted by molar-refractivity contribution is 7.89. The van der Waals surface area contributed by atoms with Gasteiger partial charge in [0.2, 0.25) is 15.9 Å². The summed E-state index contributed by atoms with van der Waals surface area (Å²) in [6, 6.07) is 9.22. The van der Waals surface area contributed by atoms with Crippen molar-refractivity contribution < 1.29 is 36.3 Å². The van der Waals surface area contributed by atoms with Crippen LogP contribution in [-0.2, 0) is 27.5 Å². The van der Waals surface area contributed by atoms with Gasteiger partial charge in [0.1, 0.15) is 11.1 Å². The number of nitrogens with zero attached hydrogens (tertiary/aromatic N) is 3. The van der Waals surface area contributed by atoms with Gasteiger partial charge in [-0.1, -0.05) is 49.7 Å². The maximum atomic E-state index is 13.6. The Morgan fingerprint density at radius 3 is 2.29 bits per heavy atom. The van der Waals surface area contributed by atoms with E-state index in [1.54, 1.807) is 0 Å². The Hall–Kier alpha value is -3.62. The minimum atomic E-state index is -4.65. The van der Waals surface area contributed by atoms with E-state index >= 15 is 0 Å². The fourth-order valence-corrected chi connectivity index (χ4v) is 6.26. The van der Waals surface area contributed by atoms with Crippen LogP contribution >= 0.6 is 11.6 Å².